The number of esters is 1. The van der Waals surface area contributed by atoms with Crippen LogP contribution in [-0.4, -0.2) is 22.1 Å². The van der Waals surface area contributed by atoms with E-state index in [-0.39, 0.29) is 6.61 Å². The minimum atomic E-state index is -4.76. The van der Waals surface area contributed by atoms with E-state index in [0.717, 1.165) is 11.9 Å². The molecule has 0 unspecified atom stereocenters. The van der Waals surface area contributed by atoms with Gasteiger partial charge in [0.2, 0.25) is 0 Å². The number of halogens is 3. The molecule has 0 bridgehead atoms. The fourth-order valence-electron chi connectivity index (χ4n) is 2.20. The second kappa shape index (κ2) is 7.21. The van der Waals surface area contributed by atoms with Crippen molar-refractivity contribution in [3.8, 4) is 11.8 Å². The fourth-order valence-corrected chi connectivity index (χ4v) is 2.20. The van der Waals surface area contributed by atoms with Crippen molar-refractivity contribution in [1.82, 2.24) is 9.55 Å². The zero-order valence-corrected chi connectivity index (χ0v) is 13.1. The zero-order valence-electron chi connectivity index (χ0n) is 13.1. The first-order valence-electron chi connectivity index (χ1n) is 7.12. The molecule has 0 saturated heterocycles. The maximum Gasteiger partial charge on any atom is 0.435 e. The third kappa shape index (κ3) is 3.77. The molecule has 7 heteroatoms. The Hall–Kier alpha value is -2.75. The Morgan fingerprint density at radius 2 is 2.00 bits per heavy atom. The summed E-state index contributed by atoms with van der Waals surface area (Å²) >= 11 is 0. The first kappa shape index (κ1) is 17.6. The third-order valence-corrected chi connectivity index (χ3v) is 3.41. The number of carbonyl (C=O) groups excluding carboxylic acids is 1. The minimum absolute atomic E-state index is 0.280. The number of hydrogen-bond acceptors (Lipinski definition) is 3. The molecule has 0 aliphatic rings. The lowest BCUT2D eigenvalue weighted by atomic mass is 10.1. The van der Waals surface area contributed by atoms with E-state index in [1.807, 2.05) is 0 Å². The molecule has 2 rings (SSSR count). The lowest BCUT2D eigenvalue weighted by Gasteiger charge is -2.17. The summed E-state index contributed by atoms with van der Waals surface area (Å²) in [5, 5.41) is 0. The standard InChI is InChI=1S/C17H15F3N2O2/c1-3-4-10-24-16(23)14-15(17(18,19)20)21-11-22(14)12(2)13-8-6-5-7-9-13/h5-9,11-12H,10H2,1-2H3/t12-/m1/s1. The van der Waals surface area contributed by atoms with Crippen LogP contribution in [0.5, 0.6) is 0 Å². The number of alkyl halides is 3. The fraction of sp³-hybridized carbons (Fsp3) is 0.294. The predicted octanol–water partition coefficient (Wildman–Crippen LogP) is 3.69. The largest absolute Gasteiger partial charge is 0.448 e. The molecule has 0 amide bonds. The summed E-state index contributed by atoms with van der Waals surface area (Å²) < 4.78 is 45.5. The van der Waals surface area contributed by atoms with Crippen molar-refractivity contribution in [3.63, 3.8) is 0 Å². The van der Waals surface area contributed by atoms with Gasteiger partial charge in [-0.15, -0.1) is 5.92 Å². The van der Waals surface area contributed by atoms with Crippen molar-refractivity contribution >= 4 is 5.97 Å². The van der Waals surface area contributed by atoms with Gasteiger partial charge >= 0.3 is 12.1 Å². The van der Waals surface area contributed by atoms with Crippen LogP contribution in [0.3, 0.4) is 0 Å². The highest BCUT2D eigenvalue weighted by Crippen LogP contribution is 2.33. The molecule has 24 heavy (non-hydrogen) atoms. The van der Waals surface area contributed by atoms with Gasteiger partial charge in [0.1, 0.15) is 0 Å². The number of imidazole rings is 1. The highest BCUT2D eigenvalue weighted by molar-refractivity contribution is 5.89. The van der Waals surface area contributed by atoms with Crippen molar-refractivity contribution in [3.05, 3.63) is 53.6 Å². The van der Waals surface area contributed by atoms with E-state index in [9.17, 15) is 18.0 Å². The summed E-state index contributed by atoms with van der Waals surface area (Å²) in [7, 11) is 0. The molecule has 126 valence electrons. The van der Waals surface area contributed by atoms with Crippen LogP contribution in [0.4, 0.5) is 13.2 Å². The smallest absolute Gasteiger partial charge is 0.435 e. The maximum absolute atomic E-state index is 13.2. The molecule has 0 saturated carbocycles. The van der Waals surface area contributed by atoms with E-state index in [0.29, 0.717) is 0 Å². The molecule has 0 N–H and O–H groups in total. The molecule has 0 radical (unpaired) electrons. The first-order chi connectivity index (χ1) is 11.4. The van der Waals surface area contributed by atoms with Gasteiger partial charge in [0, 0.05) is 0 Å². The monoisotopic (exact) mass is 336 g/mol. The summed E-state index contributed by atoms with van der Waals surface area (Å²) in [6.45, 7) is 2.94. The molecule has 1 heterocycles. The Balaban J connectivity index is 2.46. The average Bonchev–Trinajstić information content (AvgIpc) is 3.00. The van der Waals surface area contributed by atoms with Gasteiger partial charge in [-0.05, 0) is 19.4 Å². The Bertz CT molecular complexity index is 771. The quantitative estimate of drug-likeness (QED) is 0.632. The van der Waals surface area contributed by atoms with Crippen molar-refractivity contribution in [2.45, 2.75) is 26.1 Å². The predicted molar refractivity (Wildman–Crippen MR) is 81.2 cm³/mol. The second-order valence-corrected chi connectivity index (χ2v) is 4.94. The lowest BCUT2D eigenvalue weighted by Crippen LogP contribution is -2.20. The number of carbonyl (C=O) groups is 1. The lowest BCUT2D eigenvalue weighted by molar-refractivity contribution is -0.141. The number of hydrogen-bond donors (Lipinski definition) is 0. The van der Waals surface area contributed by atoms with Gasteiger partial charge in [-0.3, -0.25) is 0 Å². The van der Waals surface area contributed by atoms with Crippen molar-refractivity contribution < 1.29 is 22.7 Å². The molecule has 0 spiro atoms. The molecule has 0 aliphatic carbocycles. The molecule has 2 aromatic rings. The Morgan fingerprint density at radius 3 is 2.58 bits per heavy atom. The van der Waals surface area contributed by atoms with Crippen LogP contribution >= 0.6 is 0 Å². The van der Waals surface area contributed by atoms with Gasteiger partial charge in [-0.25, -0.2) is 9.78 Å². The van der Waals surface area contributed by atoms with Crippen LogP contribution in [0.25, 0.3) is 0 Å². The van der Waals surface area contributed by atoms with E-state index in [1.54, 1.807) is 37.3 Å². The maximum atomic E-state index is 13.2. The van der Waals surface area contributed by atoms with E-state index < -0.39 is 29.6 Å². The number of ether oxygens (including phenoxy) is 1. The topological polar surface area (TPSA) is 44.1 Å². The van der Waals surface area contributed by atoms with Gasteiger partial charge in [0.25, 0.3) is 0 Å². The van der Waals surface area contributed by atoms with Gasteiger partial charge in [-0.1, -0.05) is 36.3 Å². The summed E-state index contributed by atoms with van der Waals surface area (Å²) in [5.74, 6) is 3.87. The Labute approximate surface area is 137 Å². The molecular formula is C17H15F3N2O2. The molecule has 1 atom stereocenters. The van der Waals surface area contributed by atoms with Crippen molar-refractivity contribution in [2.75, 3.05) is 6.61 Å². The van der Waals surface area contributed by atoms with Crippen molar-refractivity contribution in [2.24, 2.45) is 0 Å². The molecule has 0 fully saturated rings. The third-order valence-electron chi connectivity index (χ3n) is 3.41. The number of benzene rings is 1. The number of rotatable bonds is 4. The average molecular weight is 336 g/mol. The summed E-state index contributed by atoms with van der Waals surface area (Å²) in [6, 6.07) is 8.33. The van der Waals surface area contributed by atoms with Crippen LogP contribution < -0.4 is 0 Å². The Kier molecular flexibility index (Phi) is 5.29. The van der Waals surface area contributed by atoms with Crippen LogP contribution in [0.2, 0.25) is 0 Å². The van der Waals surface area contributed by atoms with Gasteiger partial charge in [0.05, 0.1) is 12.4 Å². The van der Waals surface area contributed by atoms with E-state index in [1.165, 1.54) is 11.5 Å². The summed E-state index contributed by atoms with van der Waals surface area (Å²) in [5.41, 5.74) is -1.15. The highest BCUT2D eigenvalue weighted by atomic mass is 19.4. The van der Waals surface area contributed by atoms with E-state index in [4.69, 9.17) is 4.74 Å². The molecular weight excluding hydrogens is 321 g/mol. The first-order valence-corrected chi connectivity index (χ1v) is 7.12. The molecule has 1 aromatic carbocycles. The summed E-state index contributed by atoms with van der Waals surface area (Å²) in [4.78, 5) is 15.5. The second-order valence-electron chi connectivity index (χ2n) is 4.94. The minimum Gasteiger partial charge on any atom is -0.448 e. The van der Waals surface area contributed by atoms with Gasteiger partial charge < -0.3 is 9.30 Å². The van der Waals surface area contributed by atoms with Crippen LogP contribution in [-0.2, 0) is 10.9 Å². The number of aromatic nitrogens is 2. The number of nitrogens with zero attached hydrogens (tertiary/aromatic N) is 2. The SMILES string of the molecule is CC#CCOC(=O)c1c(C(F)(F)F)ncn1[C@H](C)c1ccccc1. The van der Waals surface area contributed by atoms with Gasteiger partial charge in [-0.2, -0.15) is 13.2 Å². The summed E-state index contributed by atoms with van der Waals surface area (Å²) in [6.07, 6.45) is -3.75. The van der Waals surface area contributed by atoms with Crippen LogP contribution in [0.1, 0.15) is 41.6 Å². The highest BCUT2D eigenvalue weighted by Gasteiger charge is 2.41. The molecule has 0 aliphatic heterocycles. The zero-order chi connectivity index (χ0) is 17.7. The Morgan fingerprint density at radius 1 is 1.33 bits per heavy atom. The van der Waals surface area contributed by atoms with E-state index in [2.05, 4.69) is 16.8 Å². The van der Waals surface area contributed by atoms with Crippen LogP contribution in [0, 0.1) is 11.8 Å². The van der Waals surface area contributed by atoms with E-state index >= 15 is 0 Å². The molecule has 4 nitrogen and oxygen atoms in total. The van der Waals surface area contributed by atoms with Gasteiger partial charge in [0.15, 0.2) is 18.0 Å². The normalized spacial score (nSPS) is 12.2. The van der Waals surface area contributed by atoms with Crippen LogP contribution in [0.15, 0.2) is 36.7 Å². The van der Waals surface area contributed by atoms with Crippen molar-refractivity contribution in [1.29, 1.82) is 0 Å². The molecule has 1 aromatic heterocycles.